The van der Waals surface area contributed by atoms with E-state index in [1.807, 2.05) is 0 Å². The topological polar surface area (TPSA) is 215 Å². The lowest BCUT2D eigenvalue weighted by Crippen LogP contribution is -2.50. The first kappa shape index (κ1) is 40.3. The summed E-state index contributed by atoms with van der Waals surface area (Å²) in [5, 5.41) is 7.73. The number of hydrogen-bond donors (Lipinski definition) is 4. The Kier molecular flexibility index (Phi) is 16.3. The molecular formula is C33H42N4O11S. The highest BCUT2D eigenvalue weighted by molar-refractivity contribution is 7.85. The van der Waals surface area contributed by atoms with E-state index < -0.39 is 39.7 Å². The van der Waals surface area contributed by atoms with Crippen molar-refractivity contribution in [3.05, 3.63) is 53.8 Å². The van der Waals surface area contributed by atoms with Crippen molar-refractivity contribution in [2.24, 2.45) is 5.92 Å². The Morgan fingerprint density at radius 1 is 1.04 bits per heavy atom. The summed E-state index contributed by atoms with van der Waals surface area (Å²) in [5.74, 6) is 1.88. The molecule has 1 aromatic carbocycles. The minimum absolute atomic E-state index is 0.0470. The van der Waals surface area contributed by atoms with Gasteiger partial charge in [-0.3, -0.25) is 38.2 Å². The molecule has 15 nitrogen and oxygen atoms in total. The van der Waals surface area contributed by atoms with Crippen LogP contribution in [0.15, 0.2) is 42.6 Å². The van der Waals surface area contributed by atoms with Crippen LogP contribution in [0.3, 0.4) is 0 Å². The van der Waals surface area contributed by atoms with Crippen LogP contribution in [-0.4, -0.2) is 84.9 Å². The van der Waals surface area contributed by atoms with Crippen LogP contribution in [0.5, 0.6) is 0 Å². The van der Waals surface area contributed by atoms with E-state index >= 15 is 0 Å². The van der Waals surface area contributed by atoms with Gasteiger partial charge < -0.3 is 25.4 Å². The second kappa shape index (κ2) is 19.8. The summed E-state index contributed by atoms with van der Waals surface area (Å²) in [6, 6.07) is 3.69. The molecule has 0 unspecified atom stereocenters. The van der Waals surface area contributed by atoms with E-state index in [0.29, 0.717) is 30.4 Å². The number of carbonyl (C=O) groups excluding carboxylic acids is 6. The molecule has 1 atom stereocenters. The summed E-state index contributed by atoms with van der Waals surface area (Å²) >= 11 is 0. The highest BCUT2D eigenvalue weighted by atomic mass is 32.2. The predicted octanol–water partition coefficient (Wildman–Crippen LogP) is 1.59. The van der Waals surface area contributed by atoms with Crippen LogP contribution in [0.25, 0.3) is 0 Å². The first-order valence-corrected chi connectivity index (χ1v) is 17.1. The van der Waals surface area contributed by atoms with E-state index in [0.717, 1.165) is 4.90 Å². The first-order valence-electron chi connectivity index (χ1n) is 15.5. The van der Waals surface area contributed by atoms with Crippen molar-refractivity contribution in [1.29, 1.82) is 0 Å². The monoisotopic (exact) mass is 702 g/mol. The fraction of sp³-hybridized carbons (Fsp3) is 0.455. The lowest BCUT2D eigenvalue weighted by atomic mass is 10.0. The molecule has 1 heterocycles. The zero-order valence-corrected chi connectivity index (χ0v) is 28.5. The standard InChI is InChI=1S/C33H42N4O11S/c1-22(2)31(36-28(39)11-6-5-7-16-37-29(40)14-15-30(37)41)33(43)34-23(3)32(42)35-27-13-12-26(21-48-24(4)38)25(20-27)10-8-17-47-18-9-19-49(44,45)46/h12-15,20,22,31H,3,5-7,9,11,16-19,21H2,1-2,4H3,(H,34,43)(H,35,42)(H,36,39)(H,44,45,46)/t31-/m0/s1. The van der Waals surface area contributed by atoms with Gasteiger partial charge in [0.15, 0.2) is 0 Å². The van der Waals surface area contributed by atoms with Gasteiger partial charge in [-0.25, -0.2) is 0 Å². The number of amides is 5. The third-order valence-corrected chi connectivity index (χ3v) is 7.69. The summed E-state index contributed by atoms with van der Waals surface area (Å²) in [7, 11) is -4.08. The Labute approximate surface area is 285 Å². The minimum atomic E-state index is -4.08. The number of ether oxygens (including phenoxy) is 2. The van der Waals surface area contributed by atoms with Crippen LogP contribution in [0.1, 0.15) is 64.0 Å². The van der Waals surface area contributed by atoms with Gasteiger partial charge in [-0.15, -0.1) is 0 Å². The van der Waals surface area contributed by atoms with Crippen LogP contribution >= 0.6 is 0 Å². The molecule has 0 spiro atoms. The van der Waals surface area contributed by atoms with Gasteiger partial charge in [-0.2, -0.15) is 8.42 Å². The van der Waals surface area contributed by atoms with Gasteiger partial charge >= 0.3 is 5.97 Å². The molecule has 1 aliphatic rings. The molecule has 0 fully saturated rings. The molecule has 4 N–H and O–H groups in total. The van der Waals surface area contributed by atoms with Crippen LogP contribution in [0.4, 0.5) is 5.69 Å². The van der Waals surface area contributed by atoms with Gasteiger partial charge in [0, 0.05) is 55.5 Å². The number of nitrogens with zero attached hydrogens (tertiary/aromatic N) is 1. The van der Waals surface area contributed by atoms with Crippen LogP contribution in [0.2, 0.25) is 0 Å². The molecule has 0 aliphatic carbocycles. The average molecular weight is 703 g/mol. The van der Waals surface area contributed by atoms with Crippen molar-refractivity contribution in [2.75, 3.05) is 30.8 Å². The lowest BCUT2D eigenvalue weighted by Gasteiger charge is -2.22. The third kappa shape index (κ3) is 15.3. The van der Waals surface area contributed by atoms with Crippen molar-refractivity contribution in [3.8, 4) is 11.8 Å². The summed E-state index contributed by atoms with van der Waals surface area (Å²) in [4.78, 5) is 74.2. The quantitative estimate of drug-likeness (QED) is 0.0406. The number of rotatable bonds is 19. The number of carbonyl (C=O) groups is 6. The Morgan fingerprint density at radius 3 is 2.37 bits per heavy atom. The normalized spacial score (nSPS) is 13.0. The van der Waals surface area contributed by atoms with Gasteiger partial charge in [-0.05, 0) is 37.3 Å². The Morgan fingerprint density at radius 2 is 1.73 bits per heavy atom. The molecule has 1 aliphatic heterocycles. The zero-order valence-electron chi connectivity index (χ0n) is 27.7. The van der Waals surface area contributed by atoms with Crippen molar-refractivity contribution < 1.29 is 51.2 Å². The van der Waals surface area contributed by atoms with E-state index in [4.69, 9.17) is 14.0 Å². The second-order valence-electron chi connectivity index (χ2n) is 11.3. The number of hydrogen-bond acceptors (Lipinski definition) is 10. The number of unbranched alkanes of at least 4 members (excludes halogenated alkanes) is 2. The SMILES string of the molecule is C=C(NC(=O)[C@@H](NC(=O)CCCCCN1C(=O)C=CC1=O)C(C)C)C(=O)Nc1ccc(COC(C)=O)c(C#CCOCCCS(=O)(=O)O)c1. The molecular weight excluding hydrogens is 660 g/mol. The Balaban J connectivity index is 1.92. The van der Waals surface area contributed by atoms with Crippen LogP contribution in [-0.2, 0) is 55.0 Å². The van der Waals surface area contributed by atoms with Gasteiger partial charge in [0.1, 0.15) is 19.3 Å². The van der Waals surface area contributed by atoms with Crippen LogP contribution in [0, 0.1) is 17.8 Å². The van der Waals surface area contributed by atoms with E-state index in [1.54, 1.807) is 19.9 Å². The molecule has 2 rings (SSSR count). The van der Waals surface area contributed by atoms with Gasteiger partial charge in [0.05, 0.1) is 11.4 Å². The van der Waals surface area contributed by atoms with Crippen molar-refractivity contribution in [2.45, 2.75) is 65.5 Å². The van der Waals surface area contributed by atoms with Crippen molar-refractivity contribution in [3.63, 3.8) is 0 Å². The largest absolute Gasteiger partial charge is 0.461 e. The van der Waals surface area contributed by atoms with Gasteiger partial charge in [0.2, 0.25) is 11.8 Å². The highest BCUT2D eigenvalue weighted by Crippen LogP contribution is 2.17. The maximum atomic E-state index is 13.0. The molecule has 1 aromatic rings. The fourth-order valence-electron chi connectivity index (χ4n) is 4.33. The average Bonchev–Trinajstić information content (AvgIpc) is 3.34. The molecule has 0 aromatic heterocycles. The summed E-state index contributed by atoms with van der Waals surface area (Å²) in [6.45, 7) is 8.52. The molecule has 266 valence electrons. The number of esters is 1. The maximum Gasteiger partial charge on any atom is 0.302 e. The lowest BCUT2D eigenvalue weighted by molar-refractivity contribution is -0.142. The Bertz CT molecular complexity index is 1610. The Hall–Kier alpha value is -4.85. The number of anilines is 1. The molecule has 0 radical (unpaired) electrons. The predicted molar refractivity (Wildman–Crippen MR) is 178 cm³/mol. The second-order valence-corrected chi connectivity index (χ2v) is 12.9. The van der Waals surface area contributed by atoms with E-state index in [9.17, 15) is 37.2 Å². The van der Waals surface area contributed by atoms with Crippen molar-refractivity contribution in [1.82, 2.24) is 15.5 Å². The number of imide groups is 1. The maximum absolute atomic E-state index is 13.0. The summed E-state index contributed by atoms with van der Waals surface area (Å²) in [5.41, 5.74) is 0.936. The van der Waals surface area contributed by atoms with E-state index in [-0.39, 0.29) is 74.2 Å². The summed E-state index contributed by atoms with van der Waals surface area (Å²) in [6.07, 6.45) is 4.24. The van der Waals surface area contributed by atoms with Gasteiger partial charge in [-0.1, -0.05) is 44.8 Å². The minimum Gasteiger partial charge on any atom is -0.461 e. The van der Waals surface area contributed by atoms with Crippen molar-refractivity contribution >= 4 is 51.3 Å². The first-order chi connectivity index (χ1) is 23.1. The van der Waals surface area contributed by atoms with Crippen LogP contribution < -0.4 is 16.0 Å². The third-order valence-electron chi connectivity index (χ3n) is 6.89. The molecule has 5 amide bonds. The van der Waals surface area contributed by atoms with E-state index in [2.05, 4.69) is 34.4 Å². The summed E-state index contributed by atoms with van der Waals surface area (Å²) < 4.78 is 40.7. The fourth-order valence-corrected chi connectivity index (χ4v) is 4.81. The number of benzene rings is 1. The number of nitrogens with one attached hydrogen (secondary N) is 3. The molecule has 0 bridgehead atoms. The zero-order chi connectivity index (χ0) is 36.6. The molecule has 0 saturated carbocycles. The highest BCUT2D eigenvalue weighted by Gasteiger charge is 2.26. The van der Waals surface area contributed by atoms with E-state index in [1.165, 1.54) is 31.2 Å². The van der Waals surface area contributed by atoms with Gasteiger partial charge in [0.25, 0.3) is 27.8 Å². The smallest absolute Gasteiger partial charge is 0.302 e. The molecule has 16 heteroatoms. The molecule has 49 heavy (non-hydrogen) atoms. The molecule has 0 saturated heterocycles.